The minimum Gasteiger partial charge on any atom is -0.324 e. The Morgan fingerprint density at radius 2 is 2.12 bits per heavy atom. The summed E-state index contributed by atoms with van der Waals surface area (Å²) in [5.41, 5.74) is 1.14. The average Bonchev–Trinajstić information content (AvgIpc) is 2.99. The second-order valence-corrected chi connectivity index (χ2v) is 8.32. The third-order valence-corrected chi connectivity index (χ3v) is 6.36. The Hall–Kier alpha value is -2.06. The van der Waals surface area contributed by atoms with Gasteiger partial charge >= 0.3 is 0 Å². The van der Waals surface area contributed by atoms with Crippen molar-refractivity contribution in [2.45, 2.75) is 29.6 Å². The molecule has 0 bridgehead atoms. The van der Waals surface area contributed by atoms with Gasteiger partial charge in [0.2, 0.25) is 5.91 Å². The van der Waals surface area contributed by atoms with Crippen molar-refractivity contribution in [1.82, 2.24) is 9.78 Å². The molecule has 0 atom stereocenters. The minimum absolute atomic E-state index is 0.0575. The van der Waals surface area contributed by atoms with Crippen molar-refractivity contribution in [3.8, 4) is 0 Å². The largest absolute Gasteiger partial charge is 0.324 e. The van der Waals surface area contributed by atoms with E-state index in [0.29, 0.717) is 16.4 Å². The maximum atomic E-state index is 12.4. The molecule has 2 aliphatic rings. The summed E-state index contributed by atoms with van der Waals surface area (Å²) in [7, 11) is -2.12. The van der Waals surface area contributed by atoms with E-state index in [4.69, 9.17) is 11.6 Å². The number of hydrogen-bond donors (Lipinski definition) is 2. The Morgan fingerprint density at radius 3 is 2.71 bits per heavy atom. The first-order valence-electron chi connectivity index (χ1n) is 7.49. The van der Waals surface area contributed by atoms with Gasteiger partial charge in [-0.2, -0.15) is 5.10 Å². The number of carbonyl (C=O) groups excluding carboxylic acids is 1. The van der Waals surface area contributed by atoms with E-state index in [-0.39, 0.29) is 10.8 Å². The fraction of sp³-hybridized carbons (Fsp3) is 0.333. The van der Waals surface area contributed by atoms with Gasteiger partial charge in [-0.3, -0.25) is 14.2 Å². The van der Waals surface area contributed by atoms with E-state index in [1.54, 1.807) is 13.1 Å². The van der Waals surface area contributed by atoms with E-state index >= 15 is 0 Å². The lowest BCUT2D eigenvalue weighted by Gasteiger charge is -2.36. The maximum Gasteiger partial charge on any atom is 0.265 e. The van der Waals surface area contributed by atoms with Crippen LogP contribution in [-0.2, 0) is 27.3 Å². The molecule has 1 amide bonds. The van der Waals surface area contributed by atoms with Crippen LogP contribution in [0.3, 0.4) is 0 Å². The second-order valence-electron chi connectivity index (χ2n) is 6.23. The lowest BCUT2D eigenvalue weighted by Crippen LogP contribution is -2.40. The van der Waals surface area contributed by atoms with Gasteiger partial charge in [-0.25, -0.2) is 8.42 Å². The van der Waals surface area contributed by atoms with Crippen molar-refractivity contribution in [3.05, 3.63) is 35.1 Å². The Balaban J connectivity index is 1.74. The SMILES string of the molecule is Cn1cc(S(=O)(=O)Nc2cc(Cl)c3c(c2)C2(CCC2)C(=O)N3)cn1. The molecule has 1 aliphatic heterocycles. The summed E-state index contributed by atoms with van der Waals surface area (Å²) < 4.78 is 28.8. The molecule has 1 aromatic heterocycles. The zero-order valence-electron chi connectivity index (χ0n) is 12.8. The summed E-state index contributed by atoms with van der Waals surface area (Å²) in [5.74, 6) is -0.0575. The normalized spacial score (nSPS) is 18.2. The van der Waals surface area contributed by atoms with Crippen LogP contribution >= 0.6 is 11.6 Å². The molecule has 9 heteroatoms. The molecule has 1 saturated carbocycles. The van der Waals surface area contributed by atoms with E-state index in [1.807, 2.05) is 0 Å². The van der Waals surface area contributed by atoms with Gasteiger partial charge in [0.25, 0.3) is 10.0 Å². The van der Waals surface area contributed by atoms with E-state index in [9.17, 15) is 13.2 Å². The molecular formula is C15H15ClN4O3S. The van der Waals surface area contributed by atoms with Crippen LogP contribution in [-0.4, -0.2) is 24.1 Å². The first-order valence-corrected chi connectivity index (χ1v) is 9.35. The number of anilines is 2. The molecule has 4 rings (SSSR count). The molecule has 2 N–H and O–H groups in total. The highest BCUT2D eigenvalue weighted by molar-refractivity contribution is 7.92. The number of aryl methyl sites for hydroxylation is 1. The van der Waals surface area contributed by atoms with Gasteiger partial charge in [-0.05, 0) is 30.5 Å². The second kappa shape index (κ2) is 4.97. The first kappa shape index (κ1) is 15.5. The molecule has 0 saturated heterocycles. The minimum atomic E-state index is -3.76. The third-order valence-electron chi connectivity index (χ3n) is 4.73. The van der Waals surface area contributed by atoms with Crippen molar-refractivity contribution in [1.29, 1.82) is 0 Å². The Bertz CT molecular complexity index is 963. The van der Waals surface area contributed by atoms with E-state index in [2.05, 4.69) is 15.1 Å². The van der Waals surface area contributed by atoms with E-state index < -0.39 is 15.4 Å². The molecule has 0 unspecified atom stereocenters. The summed E-state index contributed by atoms with van der Waals surface area (Å²) in [6.07, 6.45) is 5.16. The van der Waals surface area contributed by atoms with Gasteiger partial charge in [0, 0.05) is 13.2 Å². The molecule has 0 radical (unpaired) electrons. The number of halogens is 1. The lowest BCUT2D eigenvalue weighted by atomic mass is 9.65. The number of benzene rings is 1. The van der Waals surface area contributed by atoms with Gasteiger partial charge in [0.15, 0.2) is 0 Å². The molecule has 2 heterocycles. The number of carbonyl (C=O) groups is 1. The predicted octanol–water partition coefficient (Wildman–Crippen LogP) is 2.25. The van der Waals surface area contributed by atoms with Crippen molar-refractivity contribution in [2.24, 2.45) is 7.05 Å². The van der Waals surface area contributed by atoms with Gasteiger partial charge < -0.3 is 5.32 Å². The summed E-state index contributed by atoms with van der Waals surface area (Å²) in [4.78, 5) is 12.4. The van der Waals surface area contributed by atoms with Gasteiger partial charge in [0.1, 0.15) is 4.90 Å². The molecule has 1 aromatic carbocycles. The predicted molar refractivity (Wildman–Crippen MR) is 89.6 cm³/mol. The summed E-state index contributed by atoms with van der Waals surface area (Å²) in [6, 6.07) is 3.21. The van der Waals surface area contributed by atoms with Crippen molar-refractivity contribution < 1.29 is 13.2 Å². The van der Waals surface area contributed by atoms with Crippen LogP contribution in [0.5, 0.6) is 0 Å². The van der Waals surface area contributed by atoms with Crippen molar-refractivity contribution >= 4 is 38.9 Å². The van der Waals surface area contributed by atoms with Crippen LogP contribution in [0.15, 0.2) is 29.4 Å². The number of nitrogens with zero attached hydrogens (tertiary/aromatic N) is 2. The number of sulfonamides is 1. The molecule has 7 nitrogen and oxygen atoms in total. The zero-order valence-corrected chi connectivity index (χ0v) is 14.4. The van der Waals surface area contributed by atoms with Gasteiger partial charge in [0.05, 0.1) is 28.0 Å². The molecule has 2 aromatic rings. The third kappa shape index (κ3) is 2.13. The fourth-order valence-corrected chi connectivity index (χ4v) is 4.59. The number of amides is 1. The molecule has 1 spiro atoms. The highest BCUT2D eigenvalue weighted by Crippen LogP contribution is 2.53. The summed E-state index contributed by atoms with van der Waals surface area (Å²) >= 11 is 6.26. The first-order chi connectivity index (χ1) is 11.3. The fourth-order valence-electron chi connectivity index (χ4n) is 3.30. The summed E-state index contributed by atoms with van der Waals surface area (Å²) in [5, 5.41) is 7.02. The number of fused-ring (bicyclic) bond motifs is 2. The molecule has 1 fully saturated rings. The monoisotopic (exact) mass is 366 g/mol. The van der Waals surface area contributed by atoms with Crippen LogP contribution < -0.4 is 10.0 Å². The van der Waals surface area contributed by atoms with Gasteiger partial charge in [-0.15, -0.1) is 0 Å². The van der Waals surface area contributed by atoms with Gasteiger partial charge in [-0.1, -0.05) is 18.0 Å². The van der Waals surface area contributed by atoms with Crippen LogP contribution in [0.1, 0.15) is 24.8 Å². The highest BCUT2D eigenvalue weighted by Gasteiger charge is 2.51. The quantitative estimate of drug-likeness (QED) is 0.871. The zero-order chi connectivity index (χ0) is 17.1. The number of nitrogens with one attached hydrogen (secondary N) is 2. The topological polar surface area (TPSA) is 93.1 Å². The number of aromatic nitrogens is 2. The smallest absolute Gasteiger partial charge is 0.265 e. The molecule has 24 heavy (non-hydrogen) atoms. The Morgan fingerprint density at radius 1 is 1.38 bits per heavy atom. The highest BCUT2D eigenvalue weighted by atomic mass is 35.5. The van der Waals surface area contributed by atoms with Crippen molar-refractivity contribution in [3.63, 3.8) is 0 Å². The lowest BCUT2D eigenvalue weighted by molar-refractivity contribution is -0.123. The van der Waals surface area contributed by atoms with Crippen LogP contribution in [0.2, 0.25) is 5.02 Å². The average molecular weight is 367 g/mol. The van der Waals surface area contributed by atoms with Crippen LogP contribution in [0, 0.1) is 0 Å². The van der Waals surface area contributed by atoms with Crippen LogP contribution in [0.25, 0.3) is 0 Å². The number of hydrogen-bond acceptors (Lipinski definition) is 4. The van der Waals surface area contributed by atoms with E-state index in [1.165, 1.54) is 23.1 Å². The molecule has 1 aliphatic carbocycles. The van der Waals surface area contributed by atoms with Crippen molar-refractivity contribution in [2.75, 3.05) is 10.0 Å². The summed E-state index contributed by atoms with van der Waals surface area (Å²) in [6.45, 7) is 0. The maximum absolute atomic E-state index is 12.4. The Labute approximate surface area is 144 Å². The standard InChI is InChI=1S/C15H15ClN4O3S/c1-20-8-10(7-17-20)24(22,23)19-9-5-11-13(12(16)6-9)18-14(21)15(11)3-2-4-15/h5-8,19H,2-4H2,1H3,(H,18,21). The molecular weight excluding hydrogens is 352 g/mol. The van der Waals surface area contributed by atoms with Crippen LogP contribution in [0.4, 0.5) is 11.4 Å². The number of rotatable bonds is 3. The van der Waals surface area contributed by atoms with E-state index in [0.717, 1.165) is 24.8 Å². The molecule has 126 valence electrons. The Kier molecular flexibility index (Phi) is 3.20.